The molecule has 1 N–H and O–H groups in total. The van der Waals surface area contributed by atoms with Crippen LogP contribution in [0.25, 0.3) is 0 Å². The van der Waals surface area contributed by atoms with E-state index in [1.165, 1.54) is 0 Å². The number of unbranched alkanes of at least 4 members (excludes halogenated alkanes) is 1. The van der Waals surface area contributed by atoms with Gasteiger partial charge in [-0.2, -0.15) is 5.10 Å². The van der Waals surface area contributed by atoms with Crippen LogP contribution in [0.15, 0.2) is 59.7 Å². The Morgan fingerprint density at radius 2 is 1.88 bits per heavy atom. The van der Waals surface area contributed by atoms with Crippen molar-refractivity contribution in [3.8, 4) is 11.5 Å². The number of rotatable bonds is 9. The molecule has 0 fully saturated rings. The quantitative estimate of drug-likeness (QED) is 0.429. The molecule has 0 heterocycles. The fourth-order valence-corrected chi connectivity index (χ4v) is 2.06. The van der Waals surface area contributed by atoms with Gasteiger partial charge in [-0.1, -0.05) is 43.7 Å². The number of ether oxygens (including phenoxy) is 2. The van der Waals surface area contributed by atoms with Crippen molar-refractivity contribution in [2.45, 2.75) is 32.8 Å². The van der Waals surface area contributed by atoms with Gasteiger partial charge >= 0.3 is 0 Å². The van der Waals surface area contributed by atoms with E-state index in [2.05, 4.69) is 17.5 Å². The van der Waals surface area contributed by atoms with Gasteiger partial charge in [0.15, 0.2) is 6.10 Å². The van der Waals surface area contributed by atoms with Gasteiger partial charge in [-0.25, -0.2) is 5.43 Å². The highest BCUT2D eigenvalue weighted by Gasteiger charge is 2.13. The van der Waals surface area contributed by atoms with Gasteiger partial charge in [0.1, 0.15) is 11.5 Å². The minimum Gasteiger partial charge on any atom is -0.493 e. The van der Waals surface area contributed by atoms with Gasteiger partial charge in [0.25, 0.3) is 5.91 Å². The molecule has 1 atom stereocenters. The number of benzene rings is 2. The number of hydrogen-bond acceptors (Lipinski definition) is 4. The molecule has 0 aliphatic heterocycles. The largest absolute Gasteiger partial charge is 0.493 e. The standard InChI is InChI=1S/C20H24N2O3/c1-3-4-14-24-19-13-9-8-10-17(19)15-21-22-20(23)16(2)25-18-11-6-5-7-12-18/h5-13,15-16H,3-4,14H2,1-2H3,(H,22,23)/b21-15-. The van der Waals surface area contributed by atoms with E-state index < -0.39 is 6.10 Å². The Balaban J connectivity index is 1.88. The van der Waals surface area contributed by atoms with Crippen LogP contribution >= 0.6 is 0 Å². The molecule has 2 rings (SSSR count). The zero-order chi connectivity index (χ0) is 17.9. The summed E-state index contributed by atoms with van der Waals surface area (Å²) in [6, 6.07) is 16.8. The summed E-state index contributed by atoms with van der Waals surface area (Å²) in [4.78, 5) is 12.1. The first-order valence-corrected chi connectivity index (χ1v) is 8.47. The van der Waals surface area contributed by atoms with Crippen molar-refractivity contribution in [2.24, 2.45) is 5.10 Å². The summed E-state index contributed by atoms with van der Waals surface area (Å²) in [5.41, 5.74) is 3.31. The molecule has 25 heavy (non-hydrogen) atoms. The normalized spacial score (nSPS) is 11.9. The number of carbonyl (C=O) groups is 1. The topological polar surface area (TPSA) is 59.9 Å². The first-order chi connectivity index (χ1) is 12.2. The van der Waals surface area contributed by atoms with E-state index in [1.54, 1.807) is 25.3 Å². The maximum atomic E-state index is 12.1. The van der Waals surface area contributed by atoms with Crippen LogP contribution in [0.1, 0.15) is 32.3 Å². The third-order valence-electron chi connectivity index (χ3n) is 3.48. The lowest BCUT2D eigenvalue weighted by Gasteiger charge is -2.12. The van der Waals surface area contributed by atoms with Gasteiger partial charge in [0, 0.05) is 5.56 Å². The van der Waals surface area contributed by atoms with E-state index in [9.17, 15) is 4.79 Å². The van der Waals surface area contributed by atoms with Crippen LogP contribution in [0.4, 0.5) is 0 Å². The molecule has 2 aromatic rings. The molecule has 0 radical (unpaired) electrons. The summed E-state index contributed by atoms with van der Waals surface area (Å²) in [6.45, 7) is 4.46. The molecule has 0 aliphatic rings. The minimum atomic E-state index is -0.643. The Morgan fingerprint density at radius 3 is 2.64 bits per heavy atom. The second-order valence-electron chi connectivity index (χ2n) is 5.55. The van der Waals surface area contributed by atoms with Crippen LogP contribution in [0.3, 0.4) is 0 Å². The van der Waals surface area contributed by atoms with Crippen molar-refractivity contribution in [2.75, 3.05) is 6.61 Å². The SMILES string of the molecule is CCCCOc1ccccc1/C=N\NC(=O)C(C)Oc1ccccc1. The van der Waals surface area contributed by atoms with Crippen LogP contribution in [0, 0.1) is 0 Å². The Labute approximate surface area is 148 Å². The summed E-state index contributed by atoms with van der Waals surface area (Å²) < 4.78 is 11.3. The van der Waals surface area contributed by atoms with E-state index in [0.29, 0.717) is 12.4 Å². The van der Waals surface area contributed by atoms with E-state index in [1.807, 2.05) is 42.5 Å². The minimum absolute atomic E-state index is 0.315. The second kappa shape index (κ2) is 10.1. The van der Waals surface area contributed by atoms with Crippen molar-refractivity contribution in [3.05, 3.63) is 60.2 Å². The van der Waals surface area contributed by atoms with Crippen LogP contribution in [-0.2, 0) is 4.79 Å². The molecule has 1 amide bonds. The first kappa shape index (κ1) is 18.5. The maximum absolute atomic E-state index is 12.1. The van der Waals surface area contributed by atoms with Crippen LogP contribution in [-0.4, -0.2) is 24.8 Å². The molecule has 0 bridgehead atoms. The first-order valence-electron chi connectivity index (χ1n) is 8.47. The molecular weight excluding hydrogens is 316 g/mol. The monoisotopic (exact) mass is 340 g/mol. The average molecular weight is 340 g/mol. The Kier molecular flexibility index (Phi) is 7.50. The lowest BCUT2D eigenvalue weighted by Crippen LogP contribution is -2.33. The summed E-state index contributed by atoms with van der Waals surface area (Å²) in [6.07, 6.45) is 3.01. The Bertz CT molecular complexity index is 686. The maximum Gasteiger partial charge on any atom is 0.280 e. The molecule has 1 unspecified atom stereocenters. The van der Waals surface area contributed by atoms with Crippen molar-refractivity contribution < 1.29 is 14.3 Å². The molecular formula is C20H24N2O3. The average Bonchev–Trinajstić information content (AvgIpc) is 2.64. The predicted octanol–water partition coefficient (Wildman–Crippen LogP) is 3.78. The van der Waals surface area contributed by atoms with Crippen molar-refractivity contribution >= 4 is 12.1 Å². The molecule has 0 saturated carbocycles. The predicted molar refractivity (Wildman–Crippen MR) is 99.1 cm³/mol. The number of para-hydroxylation sites is 2. The number of amides is 1. The zero-order valence-electron chi connectivity index (χ0n) is 14.6. The van der Waals surface area contributed by atoms with Crippen LogP contribution < -0.4 is 14.9 Å². The second-order valence-corrected chi connectivity index (χ2v) is 5.55. The summed E-state index contributed by atoms with van der Waals surface area (Å²) in [7, 11) is 0. The summed E-state index contributed by atoms with van der Waals surface area (Å²) in [5.74, 6) is 1.08. The van der Waals surface area contributed by atoms with Gasteiger partial charge in [-0.05, 0) is 37.6 Å². The van der Waals surface area contributed by atoms with E-state index in [4.69, 9.17) is 9.47 Å². The zero-order valence-corrected chi connectivity index (χ0v) is 14.6. The van der Waals surface area contributed by atoms with Gasteiger partial charge in [0.2, 0.25) is 0 Å². The number of nitrogens with one attached hydrogen (secondary N) is 1. The molecule has 0 saturated heterocycles. The van der Waals surface area contributed by atoms with Crippen molar-refractivity contribution in [3.63, 3.8) is 0 Å². The fourth-order valence-electron chi connectivity index (χ4n) is 2.06. The number of hydrogen-bond donors (Lipinski definition) is 1. The number of carbonyl (C=O) groups excluding carboxylic acids is 1. The molecule has 132 valence electrons. The third-order valence-corrected chi connectivity index (χ3v) is 3.48. The van der Waals surface area contributed by atoms with Gasteiger partial charge in [0.05, 0.1) is 12.8 Å². The summed E-state index contributed by atoms with van der Waals surface area (Å²) >= 11 is 0. The van der Waals surface area contributed by atoms with Crippen molar-refractivity contribution in [1.29, 1.82) is 0 Å². The molecule has 0 aromatic heterocycles. The summed E-state index contributed by atoms with van der Waals surface area (Å²) in [5, 5.41) is 4.01. The smallest absolute Gasteiger partial charge is 0.280 e. The Morgan fingerprint density at radius 1 is 1.16 bits per heavy atom. The van der Waals surface area contributed by atoms with Gasteiger partial charge in [-0.15, -0.1) is 0 Å². The van der Waals surface area contributed by atoms with E-state index >= 15 is 0 Å². The molecule has 2 aromatic carbocycles. The highest BCUT2D eigenvalue weighted by molar-refractivity contribution is 5.86. The fraction of sp³-hybridized carbons (Fsp3) is 0.300. The number of hydrazone groups is 1. The third kappa shape index (κ3) is 6.30. The van der Waals surface area contributed by atoms with Crippen molar-refractivity contribution in [1.82, 2.24) is 5.43 Å². The molecule has 5 heteroatoms. The van der Waals surface area contributed by atoms with Gasteiger partial charge < -0.3 is 9.47 Å². The van der Waals surface area contributed by atoms with Crippen LogP contribution in [0.2, 0.25) is 0 Å². The van der Waals surface area contributed by atoms with Crippen LogP contribution in [0.5, 0.6) is 11.5 Å². The van der Waals surface area contributed by atoms with Gasteiger partial charge in [-0.3, -0.25) is 4.79 Å². The number of nitrogens with zero attached hydrogens (tertiary/aromatic N) is 1. The lowest BCUT2D eigenvalue weighted by atomic mass is 10.2. The molecule has 0 aliphatic carbocycles. The molecule has 5 nitrogen and oxygen atoms in total. The Hall–Kier alpha value is -2.82. The highest BCUT2D eigenvalue weighted by atomic mass is 16.5. The van der Waals surface area contributed by atoms with E-state index in [-0.39, 0.29) is 5.91 Å². The van der Waals surface area contributed by atoms with E-state index in [0.717, 1.165) is 24.2 Å². The molecule has 0 spiro atoms. The highest BCUT2D eigenvalue weighted by Crippen LogP contribution is 2.16. The lowest BCUT2D eigenvalue weighted by molar-refractivity contribution is -0.127.